The van der Waals surface area contributed by atoms with E-state index in [9.17, 15) is 4.79 Å². The standard InChI is InChI=1S/C11H12N4O2/c1-17-6-2-3-7-9(4-6)14-5-8(10(7)12)11(16)15-13/h2-5H,13H2,1H3,(H2,12,14)(H,15,16). The van der Waals surface area contributed by atoms with Gasteiger partial charge in [-0.2, -0.15) is 0 Å². The highest BCUT2D eigenvalue weighted by atomic mass is 16.5. The maximum Gasteiger partial charge on any atom is 0.268 e. The van der Waals surface area contributed by atoms with E-state index in [1.807, 2.05) is 5.43 Å². The fourth-order valence-corrected chi connectivity index (χ4v) is 1.58. The number of methoxy groups -OCH3 is 1. The molecule has 0 unspecified atom stereocenters. The minimum atomic E-state index is -0.465. The minimum absolute atomic E-state index is 0.255. The second-order valence-electron chi connectivity index (χ2n) is 3.44. The normalized spacial score (nSPS) is 10.2. The van der Waals surface area contributed by atoms with Crippen molar-refractivity contribution in [3.05, 3.63) is 30.0 Å². The van der Waals surface area contributed by atoms with Crippen molar-refractivity contribution in [3.8, 4) is 5.75 Å². The highest BCUT2D eigenvalue weighted by molar-refractivity contribution is 6.06. The Hall–Kier alpha value is -2.34. The van der Waals surface area contributed by atoms with Crippen LogP contribution in [-0.2, 0) is 0 Å². The highest BCUT2D eigenvalue weighted by Gasteiger charge is 2.12. The summed E-state index contributed by atoms with van der Waals surface area (Å²) in [6, 6.07) is 5.25. The summed E-state index contributed by atoms with van der Waals surface area (Å²) in [5.41, 5.74) is 9.18. The molecule has 0 aliphatic heterocycles. The quantitative estimate of drug-likeness (QED) is 0.396. The number of hydrogen-bond donors (Lipinski definition) is 3. The number of carbonyl (C=O) groups is 1. The Bertz CT molecular complexity index is 583. The van der Waals surface area contributed by atoms with Crippen molar-refractivity contribution in [3.63, 3.8) is 0 Å². The van der Waals surface area contributed by atoms with Crippen LogP contribution in [0.1, 0.15) is 10.4 Å². The zero-order valence-electron chi connectivity index (χ0n) is 9.23. The van der Waals surface area contributed by atoms with Crippen molar-refractivity contribution in [2.24, 2.45) is 5.84 Å². The Morgan fingerprint density at radius 3 is 2.88 bits per heavy atom. The molecule has 6 heteroatoms. The summed E-state index contributed by atoms with van der Waals surface area (Å²) in [5, 5.41) is 0.687. The molecule has 0 fully saturated rings. The number of hydrazine groups is 1. The molecule has 1 amide bonds. The molecule has 0 saturated carbocycles. The molecule has 1 aromatic carbocycles. The number of carbonyl (C=O) groups excluding carboxylic acids is 1. The minimum Gasteiger partial charge on any atom is -0.497 e. The van der Waals surface area contributed by atoms with E-state index < -0.39 is 5.91 Å². The third-order valence-electron chi connectivity index (χ3n) is 2.49. The molecule has 6 nitrogen and oxygen atoms in total. The SMILES string of the molecule is COc1ccc2c(N)c(C(=O)NN)cnc2c1. The van der Waals surface area contributed by atoms with E-state index in [1.54, 1.807) is 25.3 Å². The number of pyridine rings is 1. The van der Waals surface area contributed by atoms with Crippen LogP contribution in [0.3, 0.4) is 0 Å². The predicted octanol–water partition coefficient (Wildman–Crippen LogP) is 0.429. The number of aromatic nitrogens is 1. The van der Waals surface area contributed by atoms with Gasteiger partial charge in [0.25, 0.3) is 5.91 Å². The van der Waals surface area contributed by atoms with E-state index in [-0.39, 0.29) is 5.56 Å². The fraction of sp³-hybridized carbons (Fsp3) is 0.0909. The van der Waals surface area contributed by atoms with Crippen LogP contribution >= 0.6 is 0 Å². The molecule has 0 aliphatic carbocycles. The molecule has 17 heavy (non-hydrogen) atoms. The van der Waals surface area contributed by atoms with E-state index in [4.69, 9.17) is 16.3 Å². The number of nitrogen functional groups attached to an aromatic ring is 2. The first-order chi connectivity index (χ1) is 8.17. The van der Waals surface area contributed by atoms with E-state index >= 15 is 0 Å². The molecule has 0 bridgehead atoms. The zero-order valence-corrected chi connectivity index (χ0v) is 9.23. The molecule has 1 heterocycles. The predicted molar refractivity (Wildman–Crippen MR) is 64.4 cm³/mol. The maximum atomic E-state index is 11.4. The third-order valence-corrected chi connectivity index (χ3v) is 2.49. The van der Waals surface area contributed by atoms with Gasteiger partial charge in [0, 0.05) is 17.6 Å². The van der Waals surface area contributed by atoms with E-state index in [0.717, 1.165) is 0 Å². The average molecular weight is 232 g/mol. The third kappa shape index (κ3) is 1.85. The molecule has 5 N–H and O–H groups in total. The Balaban J connectivity index is 2.64. The van der Waals surface area contributed by atoms with Crippen LogP contribution in [0.4, 0.5) is 5.69 Å². The van der Waals surface area contributed by atoms with Crippen LogP contribution in [-0.4, -0.2) is 18.0 Å². The lowest BCUT2D eigenvalue weighted by molar-refractivity contribution is 0.0954. The number of ether oxygens (including phenoxy) is 1. The number of fused-ring (bicyclic) bond motifs is 1. The van der Waals surface area contributed by atoms with Gasteiger partial charge in [0.05, 0.1) is 23.9 Å². The monoisotopic (exact) mass is 232 g/mol. The van der Waals surface area contributed by atoms with E-state index in [1.165, 1.54) is 6.20 Å². The number of rotatable bonds is 2. The van der Waals surface area contributed by atoms with Crippen LogP contribution in [0, 0.1) is 0 Å². The largest absolute Gasteiger partial charge is 0.497 e. The number of nitrogens with zero attached hydrogens (tertiary/aromatic N) is 1. The zero-order chi connectivity index (χ0) is 12.4. The van der Waals surface area contributed by atoms with Gasteiger partial charge in [0.1, 0.15) is 5.75 Å². The van der Waals surface area contributed by atoms with Crippen molar-refractivity contribution in [1.82, 2.24) is 10.4 Å². The molecule has 2 aromatic rings. The molecule has 1 aromatic heterocycles. The molecular formula is C11H12N4O2. The van der Waals surface area contributed by atoms with Crippen molar-refractivity contribution >= 4 is 22.5 Å². The van der Waals surface area contributed by atoms with Gasteiger partial charge in [0.15, 0.2) is 0 Å². The smallest absolute Gasteiger partial charge is 0.268 e. The number of benzene rings is 1. The summed E-state index contributed by atoms with van der Waals surface area (Å²) < 4.78 is 5.08. The number of amides is 1. The molecule has 0 spiro atoms. The summed E-state index contributed by atoms with van der Waals surface area (Å²) in [6.07, 6.45) is 1.39. The number of anilines is 1. The average Bonchev–Trinajstić information content (AvgIpc) is 2.38. The Morgan fingerprint density at radius 2 is 2.24 bits per heavy atom. The summed E-state index contributed by atoms with van der Waals surface area (Å²) in [7, 11) is 1.57. The van der Waals surface area contributed by atoms with Crippen LogP contribution in [0.5, 0.6) is 5.75 Å². The molecule has 0 atom stereocenters. The fourth-order valence-electron chi connectivity index (χ4n) is 1.58. The summed E-state index contributed by atoms with van der Waals surface area (Å²) in [5.74, 6) is 5.28. The van der Waals surface area contributed by atoms with E-state index in [0.29, 0.717) is 22.3 Å². The lowest BCUT2D eigenvalue weighted by Gasteiger charge is -2.08. The van der Waals surface area contributed by atoms with Crippen molar-refractivity contribution in [2.45, 2.75) is 0 Å². The second-order valence-corrected chi connectivity index (χ2v) is 3.44. The second kappa shape index (κ2) is 4.26. The number of nitrogens with two attached hydrogens (primary N) is 2. The highest BCUT2D eigenvalue weighted by Crippen LogP contribution is 2.26. The molecule has 0 radical (unpaired) electrons. The van der Waals surface area contributed by atoms with Gasteiger partial charge in [-0.05, 0) is 12.1 Å². The van der Waals surface area contributed by atoms with Crippen LogP contribution in [0.15, 0.2) is 24.4 Å². The van der Waals surface area contributed by atoms with Gasteiger partial charge in [-0.3, -0.25) is 15.2 Å². The lowest BCUT2D eigenvalue weighted by atomic mass is 10.1. The lowest BCUT2D eigenvalue weighted by Crippen LogP contribution is -2.30. The Kier molecular flexibility index (Phi) is 2.80. The van der Waals surface area contributed by atoms with Crippen LogP contribution in [0.25, 0.3) is 10.9 Å². The van der Waals surface area contributed by atoms with Crippen molar-refractivity contribution < 1.29 is 9.53 Å². The van der Waals surface area contributed by atoms with Crippen molar-refractivity contribution in [1.29, 1.82) is 0 Å². The van der Waals surface area contributed by atoms with Gasteiger partial charge < -0.3 is 10.5 Å². The van der Waals surface area contributed by atoms with E-state index in [2.05, 4.69) is 4.98 Å². The van der Waals surface area contributed by atoms with Crippen molar-refractivity contribution in [2.75, 3.05) is 12.8 Å². The Labute approximate surface area is 97.5 Å². The van der Waals surface area contributed by atoms with Gasteiger partial charge in [-0.15, -0.1) is 0 Å². The summed E-state index contributed by atoms with van der Waals surface area (Å²) >= 11 is 0. The van der Waals surface area contributed by atoms with Crippen LogP contribution < -0.4 is 21.7 Å². The maximum absolute atomic E-state index is 11.4. The van der Waals surface area contributed by atoms with Gasteiger partial charge in [-0.25, -0.2) is 5.84 Å². The number of nitrogens with one attached hydrogen (secondary N) is 1. The molecule has 2 rings (SSSR count). The topological polar surface area (TPSA) is 103 Å². The first-order valence-electron chi connectivity index (χ1n) is 4.90. The van der Waals surface area contributed by atoms with Crippen LogP contribution in [0.2, 0.25) is 0 Å². The first-order valence-corrected chi connectivity index (χ1v) is 4.90. The van der Waals surface area contributed by atoms with Gasteiger partial charge in [-0.1, -0.05) is 0 Å². The molecular weight excluding hydrogens is 220 g/mol. The Morgan fingerprint density at radius 1 is 1.47 bits per heavy atom. The number of hydrogen-bond acceptors (Lipinski definition) is 5. The summed E-state index contributed by atoms with van der Waals surface area (Å²) in [6.45, 7) is 0. The summed E-state index contributed by atoms with van der Waals surface area (Å²) in [4.78, 5) is 15.6. The first kappa shape index (κ1) is 11.2. The van der Waals surface area contributed by atoms with Gasteiger partial charge >= 0.3 is 0 Å². The molecule has 0 aliphatic rings. The molecule has 0 saturated heterocycles. The molecule has 88 valence electrons. The van der Waals surface area contributed by atoms with Gasteiger partial charge in [0.2, 0.25) is 0 Å².